The van der Waals surface area contributed by atoms with Gasteiger partial charge in [-0.3, -0.25) is 4.79 Å². The van der Waals surface area contributed by atoms with Crippen LogP contribution < -0.4 is 4.74 Å². The first-order chi connectivity index (χ1) is 11.3. The Bertz CT molecular complexity index is 562. The van der Waals surface area contributed by atoms with Gasteiger partial charge in [0.1, 0.15) is 5.75 Å². The molecule has 0 fully saturated rings. The molecule has 1 unspecified atom stereocenters. The van der Waals surface area contributed by atoms with E-state index < -0.39 is 0 Å². The molecule has 1 heterocycles. The van der Waals surface area contributed by atoms with Crippen molar-refractivity contribution in [3.05, 3.63) is 41.0 Å². The first-order valence-corrected chi connectivity index (χ1v) is 8.95. The summed E-state index contributed by atoms with van der Waals surface area (Å²) in [6.45, 7) is 3.75. The molecule has 0 aromatic heterocycles. The quantitative estimate of drug-likeness (QED) is 0.584. The zero-order valence-electron chi connectivity index (χ0n) is 14.1. The highest BCUT2D eigenvalue weighted by Gasteiger charge is 2.29. The van der Waals surface area contributed by atoms with Crippen LogP contribution in [0.2, 0.25) is 0 Å². The molecule has 23 heavy (non-hydrogen) atoms. The van der Waals surface area contributed by atoms with Gasteiger partial charge in [0.2, 0.25) is 6.41 Å². The van der Waals surface area contributed by atoms with E-state index in [2.05, 4.69) is 31.2 Å². The molecule has 1 atom stereocenters. The predicted octanol–water partition coefficient (Wildman–Crippen LogP) is 4.12. The third kappa shape index (κ3) is 3.77. The molecule has 0 N–H and O–H groups in total. The standard InChI is InChI=1S/C20H27NO2/c1-2-13-23-18-9-7-16(8-10-18)14-20-19-6-4-3-5-17(19)11-12-21(20)15-22/h7-10,15,20H,2-6,11-14H2,1H3. The van der Waals surface area contributed by atoms with Crippen molar-refractivity contribution >= 4 is 6.41 Å². The van der Waals surface area contributed by atoms with E-state index in [9.17, 15) is 4.79 Å². The summed E-state index contributed by atoms with van der Waals surface area (Å²) in [5.74, 6) is 0.934. The van der Waals surface area contributed by atoms with Gasteiger partial charge >= 0.3 is 0 Å². The van der Waals surface area contributed by atoms with Crippen molar-refractivity contribution in [3.63, 3.8) is 0 Å². The second-order valence-electron chi connectivity index (χ2n) is 6.64. The lowest BCUT2D eigenvalue weighted by Gasteiger charge is -2.39. The number of hydrogen-bond acceptors (Lipinski definition) is 2. The predicted molar refractivity (Wildman–Crippen MR) is 92.6 cm³/mol. The molecule has 124 valence electrons. The van der Waals surface area contributed by atoms with E-state index in [0.717, 1.165) is 44.6 Å². The summed E-state index contributed by atoms with van der Waals surface area (Å²) in [6.07, 6.45) is 9.06. The molecule has 1 aromatic carbocycles. The Morgan fingerprint density at radius 1 is 1.17 bits per heavy atom. The first kappa shape index (κ1) is 16.1. The molecular formula is C20H27NO2. The van der Waals surface area contributed by atoms with Crippen molar-refractivity contribution in [2.45, 2.75) is 57.9 Å². The van der Waals surface area contributed by atoms with Crippen LogP contribution in [0.25, 0.3) is 0 Å². The van der Waals surface area contributed by atoms with Crippen molar-refractivity contribution < 1.29 is 9.53 Å². The highest BCUT2D eigenvalue weighted by molar-refractivity contribution is 5.51. The number of nitrogens with zero attached hydrogens (tertiary/aromatic N) is 1. The molecule has 3 heteroatoms. The molecule has 0 saturated heterocycles. The van der Waals surface area contributed by atoms with Crippen molar-refractivity contribution in [3.8, 4) is 5.75 Å². The molecule has 2 aliphatic rings. The van der Waals surface area contributed by atoms with Crippen LogP contribution in [0.1, 0.15) is 51.0 Å². The number of carbonyl (C=O) groups excluding carboxylic acids is 1. The Morgan fingerprint density at radius 2 is 1.96 bits per heavy atom. The minimum absolute atomic E-state index is 0.263. The smallest absolute Gasteiger partial charge is 0.210 e. The van der Waals surface area contributed by atoms with Gasteiger partial charge in [0, 0.05) is 6.54 Å². The Kier molecular flexibility index (Phi) is 5.37. The molecule has 1 aromatic rings. The summed E-state index contributed by atoms with van der Waals surface area (Å²) in [5, 5.41) is 0. The number of hydrogen-bond donors (Lipinski definition) is 0. The molecule has 1 amide bonds. The van der Waals surface area contributed by atoms with Crippen molar-refractivity contribution in [1.29, 1.82) is 0 Å². The van der Waals surface area contributed by atoms with E-state index in [0.29, 0.717) is 0 Å². The Labute approximate surface area is 139 Å². The number of amides is 1. The zero-order valence-corrected chi connectivity index (χ0v) is 14.1. The molecular weight excluding hydrogens is 286 g/mol. The van der Waals surface area contributed by atoms with E-state index >= 15 is 0 Å². The summed E-state index contributed by atoms with van der Waals surface area (Å²) < 4.78 is 5.65. The van der Waals surface area contributed by atoms with Crippen LogP contribution in [0.4, 0.5) is 0 Å². The Hall–Kier alpha value is -1.77. The average Bonchev–Trinajstić information content (AvgIpc) is 2.61. The van der Waals surface area contributed by atoms with Gasteiger partial charge in [0.15, 0.2) is 0 Å². The highest BCUT2D eigenvalue weighted by Crippen LogP contribution is 2.35. The minimum Gasteiger partial charge on any atom is -0.494 e. The molecule has 0 radical (unpaired) electrons. The van der Waals surface area contributed by atoms with Crippen molar-refractivity contribution in [2.24, 2.45) is 0 Å². The van der Waals surface area contributed by atoms with Gasteiger partial charge in [-0.1, -0.05) is 24.6 Å². The number of carbonyl (C=O) groups is 1. The highest BCUT2D eigenvalue weighted by atomic mass is 16.5. The Balaban J connectivity index is 1.74. The number of ether oxygens (including phenoxy) is 1. The second kappa shape index (κ2) is 7.67. The van der Waals surface area contributed by atoms with Crippen LogP contribution in [-0.2, 0) is 11.2 Å². The molecule has 3 nitrogen and oxygen atoms in total. The largest absolute Gasteiger partial charge is 0.494 e. The zero-order chi connectivity index (χ0) is 16.1. The molecule has 1 aliphatic carbocycles. The molecule has 3 rings (SSSR count). The molecule has 0 saturated carbocycles. The monoisotopic (exact) mass is 313 g/mol. The summed E-state index contributed by atoms with van der Waals surface area (Å²) >= 11 is 0. The average molecular weight is 313 g/mol. The van der Waals surface area contributed by atoms with Crippen molar-refractivity contribution in [1.82, 2.24) is 4.90 Å². The van der Waals surface area contributed by atoms with Gasteiger partial charge in [0.25, 0.3) is 0 Å². The van der Waals surface area contributed by atoms with E-state index in [1.165, 1.54) is 31.2 Å². The number of rotatable bonds is 6. The van der Waals surface area contributed by atoms with Gasteiger partial charge in [0.05, 0.1) is 12.6 Å². The van der Waals surface area contributed by atoms with E-state index in [4.69, 9.17) is 4.74 Å². The van der Waals surface area contributed by atoms with E-state index in [1.807, 2.05) is 4.90 Å². The normalized spacial score (nSPS) is 21.1. The maximum Gasteiger partial charge on any atom is 0.210 e. The topological polar surface area (TPSA) is 29.5 Å². The summed E-state index contributed by atoms with van der Waals surface area (Å²) in [7, 11) is 0. The minimum atomic E-state index is 0.263. The van der Waals surface area contributed by atoms with Gasteiger partial charge in [-0.2, -0.15) is 0 Å². The van der Waals surface area contributed by atoms with Gasteiger partial charge in [-0.05, 0) is 68.2 Å². The van der Waals surface area contributed by atoms with Crippen LogP contribution in [0.15, 0.2) is 35.4 Å². The summed E-state index contributed by atoms with van der Waals surface area (Å²) in [6, 6.07) is 8.65. The number of benzene rings is 1. The fourth-order valence-electron chi connectivity index (χ4n) is 3.83. The molecule has 0 spiro atoms. The lowest BCUT2D eigenvalue weighted by Crippen LogP contribution is -2.42. The van der Waals surface area contributed by atoms with Crippen LogP contribution >= 0.6 is 0 Å². The molecule has 1 aliphatic heterocycles. The fourth-order valence-corrected chi connectivity index (χ4v) is 3.83. The lowest BCUT2D eigenvalue weighted by molar-refractivity contribution is -0.119. The van der Waals surface area contributed by atoms with Crippen molar-refractivity contribution in [2.75, 3.05) is 13.2 Å². The van der Waals surface area contributed by atoms with Gasteiger partial charge in [-0.15, -0.1) is 0 Å². The SMILES string of the molecule is CCCOc1ccc(CC2C3=C(CCCC3)CCN2C=O)cc1. The Morgan fingerprint density at radius 3 is 2.70 bits per heavy atom. The van der Waals surface area contributed by atoms with Crippen LogP contribution in [0.3, 0.4) is 0 Å². The van der Waals surface area contributed by atoms with Crippen LogP contribution in [0, 0.1) is 0 Å². The van der Waals surface area contributed by atoms with E-state index in [-0.39, 0.29) is 6.04 Å². The van der Waals surface area contributed by atoms with Crippen LogP contribution in [0.5, 0.6) is 5.75 Å². The summed E-state index contributed by atoms with van der Waals surface area (Å²) in [5.41, 5.74) is 4.45. The summed E-state index contributed by atoms with van der Waals surface area (Å²) in [4.78, 5) is 13.5. The fraction of sp³-hybridized carbons (Fsp3) is 0.550. The lowest BCUT2D eigenvalue weighted by atomic mass is 9.80. The van der Waals surface area contributed by atoms with Gasteiger partial charge < -0.3 is 9.64 Å². The third-order valence-electron chi connectivity index (χ3n) is 5.06. The third-order valence-corrected chi connectivity index (χ3v) is 5.06. The van der Waals surface area contributed by atoms with E-state index in [1.54, 1.807) is 11.1 Å². The maximum absolute atomic E-state index is 11.5. The van der Waals surface area contributed by atoms with Gasteiger partial charge in [-0.25, -0.2) is 0 Å². The second-order valence-corrected chi connectivity index (χ2v) is 6.64. The first-order valence-electron chi connectivity index (χ1n) is 8.95. The molecule has 0 bridgehead atoms. The van der Waals surface area contributed by atoms with Crippen LogP contribution in [-0.4, -0.2) is 30.5 Å². The maximum atomic E-state index is 11.5.